The number of hydrogen-bond donors (Lipinski definition) is 1. The Morgan fingerprint density at radius 1 is 1.00 bits per heavy atom. The summed E-state index contributed by atoms with van der Waals surface area (Å²) in [6.07, 6.45) is 2.71. The average Bonchev–Trinajstić information content (AvgIpc) is 3.25. The summed E-state index contributed by atoms with van der Waals surface area (Å²) in [5.74, 6) is 0.211. The molecule has 1 aromatic carbocycles. The molecule has 0 amide bonds. The summed E-state index contributed by atoms with van der Waals surface area (Å²) < 4.78 is 32.0. The fourth-order valence-corrected chi connectivity index (χ4v) is 4.14. The lowest BCUT2D eigenvalue weighted by atomic mass is 10.1. The van der Waals surface area contributed by atoms with Crippen LogP contribution in [-0.4, -0.2) is 76.0 Å². The standard InChI is InChI=1S/C25H28FN7O3/c1-34-10-11-36-25-30-22(27)21-24(31-25)33(23(29-21)19-12-20(26)14-28-13-19)16-18-4-2-17(3-5-18)15-32-6-8-35-9-7-32/h2-5,12-14H,6-11,15-16H2,1H3,(H2,27,30,31). The highest BCUT2D eigenvalue weighted by Gasteiger charge is 2.20. The van der Waals surface area contributed by atoms with Crippen LogP contribution in [0.15, 0.2) is 42.7 Å². The minimum Gasteiger partial charge on any atom is -0.461 e. The van der Waals surface area contributed by atoms with Gasteiger partial charge in [-0.05, 0) is 17.2 Å². The topological polar surface area (TPSA) is 113 Å². The highest BCUT2D eigenvalue weighted by Crippen LogP contribution is 2.28. The third-order valence-corrected chi connectivity index (χ3v) is 5.96. The maximum atomic E-state index is 14.0. The average molecular weight is 494 g/mol. The van der Waals surface area contributed by atoms with E-state index in [0.29, 0.717) is 35.7 Å². The molecule has 1 aliphatic rings. The Morgan fingerprint density at radius 3 is 2.47 bits per heavy atom. The van der Waals surface area contributed by atoms with Crippen molar-refractivity contribution in [1.82, 2.24) is 29.4 Å². The van der Waals surface area contributed by atoms with E-state index in [2.05, 4.69) is 49.1 Å². The summed E-state index contributed by atoms with van der Waals surface area (Å²) in [5, 5.41) is 0. The van der Waals surface area contributed by atoms with Gasteiger partial charge in [0.05, 0.1) is 32.6 Å². The first-order chi connectivity index (χ1) is 17.6. The Labute approximate surface area is 207 Å². The maximum Gasteiger partial charge on any atom is 0.320 e. The Balaban J connectivity index is 1.49. The van der Waals surface area contributed by atoms with E-state index in [-0.39, 0.29) is 18.4 Å². The van der Waals surface area contributed by atoms with Crippen LogP contribution in [0.2, 0.25) is 0 Å². The van der Waals surface area contributed by atoms with Crippen molar-refractivity contribution in [3.8, 4) is 17.4 Å². The molecular weight excluding hydrogens is 465 g/mol. The van der Waals surface area contributed by atoms with Crippen molar-refractivity contribution >= 4 is 17.0 Å². The summed E-state index contributed by atoms with van der Waals surface area (Å²) in [6, 6.07) is 9.91. The van der Waals surface area contributed by atoms with Gasteiger partial charge in [-0.2, -0.15) is 9.97 Å². The number of aromatic nitrogens is 5. The number of nitrogens with two attached hydrogens (primary N) is 1. The number of fused-ring (bicyclic) bond motifs is 1. The van der Waals surface area contributed by atoms with Gasteiger partial charge in [0, 0.05) is 38.5 Å². The van der Waals surface area contributed by atoms with Crippen molar-refractivity contribution in [3.05, 3.63) is 59.7 Å². The SMILES string of the molecule is COCCOc1nc(N)c2nc(-c3cncc(F)c3)n(Cc3ccc(CN4CCOCC4)cc3)c2n1. The van der Waals surface area contributed by atoms with Gasteiger partial charge < -0.3 is 24.5 Å². The Kier molecular flexibility index (Phi) is 7.31. The van der Waals surface area contributed by atoms with Crippen molar-refractivity contribution in [2.75, 3.05) is 52.4 Å². The van der Waals surface area contributed by atoms with Gasteiger partial charge >= 0.3 is 6.01 Å². The number of methoxy groups -OCH3 is 1. The molecule has 36 heavy (non-hydrogen) atoms. The van der Waals surface area contributed by atoms with Crippen LogP contribution in [0, 0.1) is 5.82 Å². The number of nitrogens with zero attached hydrogens (tertiary/aromatic N) is 6. The molecule has 0 saturated carbocycles. The molecule has 1 fully saturated rings. The summed E-state index contributed by atoms with van der Waals surface area (Å²) >= 11 is 0. The molecule has 0 unspecified atom stereocenters. The fraction of sp³-hybridized carbons (Fsp3) is 0.360. The van der Waals surface area contributed by atoms with Gasteiger partial charge in [0.1, 0.15) is 18.2 Å². The van der Waals surface area contributed by atoms with Crippen LogP contribution in [0.3, 0.4) is 0 Å². The summed E-state index contributed by atoms with van der Waals surface area (Å²) in [5.41, 5.74) is 9.89. The first kappa shape index (κ1) is 24.0. The smallest absolute Gasteiger partial charge is 0.320 e. The van der Waals surface area contributed by atoms with Gasteiger partial charge in [0.15, 0.2) is 17.0 Å². The maximum absolute atomic E-state index is 14.0. The molecule has 10 nitrogen and oxygen atoms in total. The quantitative estimate of drug-likeness (QED) is 0.351. The zero-order chi connectivity index (χ0) is 24.9. The van der Waals surface area contributed by atoms with Gasteiger partial charge in [-0.1, -0.05) is 24.3 Å². The lowest BCUT2D eigenvalue weighted by molar-refractivity contribution is 0.0342. The molecule has 11 heteroatoms. The predicted molar refractivity (Wildman–Crippen MR) is 132 cm³/mol. The van der Waals surface area contributed by atoms with E-state index in [1.54, 1.807) is 13.3 Å². The number of pyridine rings is 1. The van der Waals surface area contributed by atoms with E-state index in [1.807, 2.05) is 4.57 Å². The van der Waals surface area contributed by atoms with Crippen molar-refractivity contribution in [1.29, 1.82) is 0 Å². The largest absolute Gasteiger partial charge is 0.461 e. The molecular formula is C25H28FN7O3. The number of halogens is 1. The molecule has 0 spiro atoms. The fourth-order valence-electron chi connectivity index (χ4n) is 4.14. The predicted octanol–water partition coefficient (Wildman–Crippen LogP) is 2.52. The van der Waals surface area contributed by atoms with E-state index in [0.717, 1.165) is 44.6 Å². The lowest BCUT2D eigenvalue weighted by Gasteiger charge is -2.26. The molecule has 2 N–H and O–H groups in total. The molecule has 0 aliphatic carbocycles. The molecule has 4 heterocycles. The van der Waals surface area contributed by atoms with E-state index < -0.39 is 5.82 Å². The molecule has 5 rings (SSSR count). The number of imidazole rings is 1. The van der Waals surface area contributed by atoms with Crippen molar-refractivity contribution in [2.24, 2.45) is 0 Å². The van der Waals surface area contributed by atoms with E-state index in [4.69, 9.17) is 19.9 Å². The zero-order valence-corrected chi connectivity index (χ0v) is 20.1. The second-order valence-electron chi connectivity index (χ2n) is 8.52. The number of ether oxygens (including phenoxy) is 3. The molecule has 3 aromatic heterocycles. The van der Waals surface area contributed by atoms with Crippen LogP contribution in [-0.2, 0) is 22.6 Å². The van der Waals surface area contributed by atoms with E-state index in [1.165, 1.54) is 11.6 Å². The molecule has 0 bridgehead atoms. The normalized spacial score (nSPS) is 14.4. The Hall–Kier alpha value is -3.67. The summed E-state index contributed by atoms with van der Waals surface area (Å²) in [4.78, 5) is 19.8. The van der Waals surface area contributed by atoms with E-state index >= 15 is 0 Å². The number of rotatable bonds is 9. The van der Waals surface area contributed by atoms with Crippen molar-refractivity contribution in [3.63, 3.8) is 0 Å². The number of morpholine rings is 1. The highest BCUT2D eigenvalue weighted by atomic mass is 19.1. The third kappa shape index (κ3) is 5.43. The van der Waals surface area contributed by atoms with Crippen LogP contribution in [0.4, 0.5) is 10.2 Å². The Bertz CT molecular complexity index is 1320. The van der Waals surface area contributed by atoms with E-state index in [9.17, 15) is 4.39 Å². The molecule has 1 saturated heterocycles. The molecule has 4 aromatic rings. The van der Waals surface area contributed by atoms with Gasteiger partial charge in [0.2, 0.25) is 0 Å². The Morgan fingerprint density at radius 2 is 1.75 bits per heavy atom. The first-order valence-electron chi connectivity index (χ1n) is 11.7. The molecule has 0 atom stereocenters. The first-order valence-corrected chi connectivity index (χ1v) is 11.7. The third-order valence-electron chi connectivity index (χ3n) is 5.96. The monoisotopic (exact) mass is 493 g/mol. The second kappa shape index (κ2) is 10.9. The number of benzene rings is 1. The summed E-state index contributed by atoms with van der Waals surface area (Å²) in [6.45, 7) is 5.39. The van der Waals surface area contributed by atoms with Crippen molar-refractivity contribution < 1.29 is 18.6 Å². The van der Waals surface area contributed by atoms with Gasteiger partial charge in [0.25, 0.3) is 0 Å². The van der Waals surface area contributed by atoms with Gasteiger partial charge in [-0.3, -0.25) is 9.88 Å². The molecule has 188 valence electrons. The molecule has 1 aliphatic heterocycles. The second-order valence-corrected chi connectivity index (χ2v) is 8.52. The highest BCUT2D eigenvalue weighted by molar-refractivity contribution is 5.85. The van der Waals surface area contributed by atoms with Gasteiger partial charge in [-0.25, -0.2) is 9.37 Å². The minimum absolute atomic E-state index is 0.128. The van der Waals surface area contributed by atoms with Gasteiger partial charge in [-0.15, -0.1) is 0 Å². The van der Waals surface area contributed by atoms with Crippen LogP contribution >= 0.6 is 0 Å². The van der Waals surface area contributed by atoms with Crippen LogP contribution in [0.25, 0.3) is 22.6 Å². The minimum atomic E-state index is -0.457. The summed E-state index contributed by atoms with van der Waals surface area (Å²) in [7, 11) is 1.59. The molecule has 0 radical (unpaired) electrons. The van der Waals surface area contributed by atoms with Crippen molar-refractivity contribution in [2.45, 2.75) is 13.1 Å². The lowest BCUT2D eigenvalue weighted by Crippen LogP contribution is -2.35. The van der Waals surface area contributed by atoms with Crippen LogP contribution in [0.1, 0.15) is 11.1 Å². The van der Waals surface area contributed by atoms with Crippen LogP contribution < -0.4 is 10.5 Å². The van der Waals surface area contributed by atoms with Crippen LogP contribution in [0.5, 0.6) is 6.01 Å². The number of hydrogen-bond acceptors (Lipinski definition) is 9. The number of anilines is 1. The number of nitrogen functional groups attached to an aromatic ring is 1. The zero-order valence-electron chi connectivity index (χ0n) is 20.1.